The summed E-state index contributed by atoms with van der Waals surface area (Å²) in [6.07, 6.45) is 0.152. The predicted molar refractivity (Wildman–Crippen MR) is 92.1 cm³/mol. The van der Waals surface area contributed by atoms with Crippen molar-refractivity contribution >= 4 is 27.8 Å². The van der Waals surface area contributed by atoms with Gasteiger partial charge >= 0.3 is 5.97 Å². The highest BCUT2D eigenvalue weighted by Gasteiger charge is 2.34. The molecule has 0 aliphatic carbocycles. The zero-order chi connectivity index (χ0) is 17.9. The fraction of sp³-hybridized carbons (Fsp3) is 0.412. The van der Waals surface area contributed by atoms with Gasteiger partial charge in [0, 0.05) is 22.5 Å². The number of halogens is 1. The number of carbonyl (C=O) groups excluding carboxylic acids is 2. The molecule has 1 N–H and O–H groups in total. The van der Waals surface area contributed by atoms with Crippen LogP contribution in [-0.4, -0.2) is 32.7 Å². The van der Waals surface area contributed by atoms with Gasteiger partial charge in [-0.05, 0) is 31.5 Å². The number of nitrogens with one attached hydrogen (secondary N) is 1. The summed E-state index contributed by atoms with van der Waals surface area (Å²) in [4.78, 5) is 24.4. The average Bonchev–Trinajstić information content (AvgIpc) is 2.53. The van der Waals surface area contributed by atoms with Crippen molar-refractivity contribution in [2.45, 2.75) is 26.2 Å². The van der Waals surface area contributed by atoms with E-state index in [2.05, 4.69) is 21.2 Å². The maximum Gasteiger partial charge on any atom is 0.336 e. The van der Waals surface area contributed by atoms with E-state index in [9.17, 15) is 9.59 Å². The first-order chi connectivity index (χ1) is 11.4. The highest BCUT2D eigenvalue weighted by Crippen LogP contribution is 2.42. The summed E-state index contributed by atoms with van der Waals surface area (Å²) >= 11 is 3.50. The van der Waals surface area contributed by atoms with Crippen LogP contribution in [0, 0.1) is 0 Å². The molecule has 1 amide bonds. The molecule has 0 radical (unpaired) electrons. The SMILES string of the molecule is CCOC(=O)C1=C(C)NC(=O)C[C@H]1c1cc(OC)c(OC)cc1Br. The third-order valence-corrected chi connectivity index (χ3v) is 4.53. The fourth-order valence-corrected chi connectivity index (χ4v) is 3.38. The number of carbonyl (C=O) groups is 2. The van der Waals surface area contributed by atoms with Crippen LogP contribution >= 0.6 is 15.9 Å². The van der Waals surface area contributed by atoms with Gasteiger partial charge in [-0.2, -0.15) is 0 Å². The zero-order valence-electron chi connectivity index (χ0n) is 14.1. The number of hydrogen-bond donors (Lipinski definition) is 1. The van der Waals surface area contributed by atoms with Crippen molar-refractivity contribution in [2.24, 2.45) is 0 Å². The molecule has 0 aromatic heterocycles. The van der Waals surface area contributed by atoms with Crippen LogP contribution in [0.4, 0.5) is 0 Å². The third kappa shape index (κ3) is 3.56. The number of amides is 1. The summed E-state index contributed by atoms with van der Waals surface area (Å²) in [5, 5.41) is 2.71. The molecule has 0 spiro atoms. The first-order valence-electron chi connectivity index (χ1n) is 7.52. The first kappa shape index (κ1) is 18.3. The van der Waals surface area contributed by atoms with Crippen LogP contribution < -0.4 is 14.8 Å². The summed E-state index contributed by atoms with van der Waals surface area (Å²) < 4.78 is 16.5. The molecule has 1 aromatic rings. The molecule has 1 heterocycles. The summed E-state index contributed by atoms with van der Waals surface area (Å²) in [7, 11) is 3.09. The molecule has 1 aliphatic heterocycles. The Morgan fingerprint density at radius 2 is 1.92 bits per heavy atom. The second-order valence-corrected chi connectivity index (χ2v) is 6.15. The van der Waals surface area contributed by atoms with Crippen LogP contribution in [0.25, 0.3) is 0 Å². The third-order valence-electron chi connectivity index (χ3n) is 3.84. The highest BCUT2D eigenvalue weighted by molar-refractivity contribution is 9.10. The van der Waals surface area contributed by atoms with Gasteiger partial charge in [0.25, 0.3) is 0 Å². The molecule has 1 aromatic carbocycles. The van der Waals surface area contributed by atoms with E-state index in [0.29, 0.717) is 22.8 Å². The average molecular weight is 398 g/mol. The van der Waals surface area contributed by atoms with Crippen LogP contribution in [0.5, 0.6) is 11.5 Å². The van der Waals surface area contributed by atoms with Gasteiger partial charge < -0.3 is 19.5 Å². The number of esters is 1. The van der Waals surface area contributed by atoms with Gasteiger partial charge in [0.15, 0.2) is 11.5 Å². The Hall–Kier alpha value is -2.02. The first-order valence-corrected chi connectivity index (χ1v) is 8.31. The van der Waals surface area contributed by atoms with Gasteiger partial charge in [0.1, 0.15) is 0 Å². The van der Waals surface area contributed by atoms with E-state index in [1.54, 1.807) is 33.1 Å². The van der Waals surface area contributed by atoms with Crippen molar-refractivity contribution in [3.63, 3.8) is 0 Å². The van der Waals surface area contributed by atoms with Gasteiger partial charge in [-0.3, -0.25) is 4.79 Å². The maximum absolute atomic E-state index is 12.4. The van der Waals surface area contributed by atoms with E-state index in [1.165, 1.54) is 7.11 Å². The van der Waals surface area contributed by atoms with Crippen molar-refractivity contribution in [3.8, 4) is 11.5 Å². The molecular formula is C17H20BrNO5. The van der Waals surface area contributed by atoms with Crippen LogP contribution in [0.3, 0.4) is 0 Å². The van der Waals surface area contributed by atoms with Crippen molar-refractivity contribution in [3.05, 3.63) is 33.4 Å². The molecule has 130 valence electrons. The van der Waals surface area contributed by atoms with E-state index < -0.39 is 11.9 Å². The van der Waals surface area contributed by atoms with E-state index in [4.69, 9.17) is 14.2 Å². The summed E-state index contributed by atoms with van der Waals surface area (Å²) in [5.41, 5.74) is 1.73. The number of allylic oxidation sites excluding steroid dienone is 1. The summed E-state index contributed by atoms with van der Waals surface area (Å²) in [5.74, 6) is 0.0928. The predicted octanol–water partition coefficient (Wildman–Crippen LogP) is 2.91. The largest absolute Gasteiger partial charge is 0.493 e. The molecular weight excluding hydrogens is 378 g/mol. The van der Waals surface area contributed by atoms with Gasteiger partial charge in [-0.15, -0.1) is 0 Å². The minimum atomic E-state index is -0.429. The Bertz CT molecular complexity index is 698. The van der Waals surface area contributed by atoms with Gasteiger partial charge in [0.2, 0.25) is 5.91 Å². The molecule has 0 saturated heterocycles. The molecule has 0 fully saturated rings. The van der Waals surface area contributed by atoms with E-state index >= 15 is 0 Å². The van der Waals surface area contributed by atoms with Crippen LogP contribution in [0.2, 0.25) is 0 Å². The second-order valence-electron chi connectivity index (χ2n) is 5.29. The number of rotatable bonds is 5. The summed E-state index contributed by atoms with van der Waals surface area (Å²) in [6, 6.07) is 3.54. The minimum Gasteiger partial charge on any atom is -0.493 e. The zero-order valence-corrected chi connectivity index (χ0v) is 15.7. The topological polar surface area (TPSA) is 73.9 Å². The molecule has 0 bridgehead atoms. The van der Waals surface area contributed by atoms with Gasteiger partial charge in [0.05, 0.1) is 26.4 Å². The van der Waals surface area contributed by atoms with Crippen LogP contribution in [-0.2, 0) is 14.3 Å². The lowest BCUT2D eigenvalue weighted by Gasteiger charge is -2.27. The standard InChI is InChI=1S/C17H20BrNO5/c1-5-24-17(21)16-9(2)19-15(20)7-11(16)10-6-13(22-3)14(23-4)8-12(10)18/h6,8,11H,5,7H2,1-4H3,(H,19,20)/t11-/m0/s1. The quantitative estimate of drug-likeness (QED) is 0.773. The Kier molecular flexibility index (Phi) is 5.88. The molecule has 0 unspecified atom stereocenters. The molecule has 7 heteroatoms. The van der Waals surface area contributed by atoms with E-state index in [-0.39, 0.29) is 18.9 Å². The molecule has 0 saturated carbocycles. The lowest BCUT2D eigenvalue weighted by molar-refractivity contribution is -0.139. The number of methoxy groups -OCH3 is 2. The van der Waals surface area contributed by atoms with Crippen molar-refractivity contribution < 1.29 is 23.8 Å². The Balaban J connectivity index is 2.57. The number of benzene rings is 1. The second kappa shape index (κ2) is 7.70. The molecule has 1 aliphatic rings. The summed E-state index contributed by atoms with van der Waals surface area (Å²) in [6.45, 7) is 3.71. The molecule has 6 nitrogen and oxygen atoms in total. The number of hydrogen-bond acceptors (Lipinski definition) is 5. The van der Waals surface area contributed by atoms with Gasteiger partial charge in [-0.25, -0.2) is 4.79 Å². The lowest BCUT2D eigenvalue weighted by Crippen LogP contribution is -2.34. The molecule has 1 atom stereocenters. The van der Waals surface area contributed by atoms with Crippen molar-refractivity contribution in [2.75, 3.05) is 20.8 Å². The Labute approximate surface area is 149 Å². The maximum atomic E-state index is 12.4. The Morgan fingerprint density at radius 3 is 2.50 bits per heavy atom. The minimum absolute atomic E-state index is 0.146. The van der Waals surface area contributed by atoms with Crippen molar-refractivity contribution in [1.82, 2.24) is 5.32 Å². The smallest absolute Gasteiger partial charge is 0.336 e. The molecule has 2 rings (SSSR count). The fourth-order valence-electron chi connectivity index (χ4n) is 2.78. The highest BCUT2D eigenvalue weighted by atomic mass is 79.9. The van der Waals surface area contributed by atoms with Crippen molar-refractivity contribution in [1.29, 1.82) is 0 Å². The van der Waals surface area contributed by atoms with Gasteiger partial charge in [-0.1, -0.05) is 15.9 Å². The van der Waals surface area contributed by atoms with Crippen LogP contribution in [0.1, 0.15) is 31.7 Å². The number of ether oxygens (including phenoxy) is 3. The molecule has 24 heavy (non-hydrogen) atoms. The van der Waals surface area contributed by atoms with E-state index in [0.717, 1.165) is 10.0 Å². The van der Waals surface area contributed by atoms with E-state index in [1.807, 2.05) is 0 Å². The normalized spacial score (nSPS) is 17.4. The lowest BCUT2D eigenvalue weighted by atomic mass is 9.84. The van der Waals surface area contributed by atoms with Crippen LogP contribution in [0.15, 0.2) is 27.9 Å². The monoisotopic (exact) mass is 397 g/mol. The Morgan fingerprint density at radius 1 is 1.29 bits per heavy atom.